The first-order chi connectivity index (χ1) is 12.9. The Labute approximate surface area is 160 Å². The molecule has 1 fully saturated rings. The maximum absolute atomic E-state index is 12.9. The van der Waals surface area contributed by atoms with E-state index in [1.165, 1.54) is 10.4 Å². The lowest BCUT2D eigenvalue weighted by atomic mass is 10.1. The van der Waals surface area contributed by atoms with Crippen LogP contribution in [0.5, 0.6) is 5.75 Å². The number of ether oxygens (including phenoxy) is 1. The molecule has 7 heteroatoms. The number of para-hydroxylation sites is 2. The fourth-order valence-corrected chi connectivity index (χ4v) is 4.90. The topological polar surface area (TPSA) is 75.7 Å². The molecule has 0 atom stereocenters. The second-order valence-electron chi connectivity index (χ2n) is 6.47. The summed E-state index contributed by atoms with van der Waals surface area (Å²) in [6.07, 6.45) is 1.74. The van der Waals surface area contributed by atoms with Gasteiger partial charge in [0.25, 0.3) is 5.91 Å². The van der Waals surface area contributed by atoms with E-state index < -0.39 is 10.0 Å². The summed E-state index contributed by atoms with van der Waals surface area (Å²) >= 11 is 0. The van der Waals surface area contributed by atoms with Crippen molar-refractivity contribution in [1.82, 2.24) is 4.31 Å². The molecule has 0 saturated carbocycles. The summed E-state index contributed by atoms with van der Waals surface area (Å²) < 4.78 is 32.8. The molecule has 1 amide bonds. The minimum atomic E-state index is -3.59. The van der Waals surface area contributed by atoms with E-state index in [0.717, 1.165) is 12.8 Å². The van der Waals surface area contributed by atoms with Crippen LogP contribution in [0.25, 0.3) is 0 Å². The molecule has 3 rings (SSSR count). The summed E-state index contributed by atoms with van der Waals surface area (Å²) in [5.41, 5.74) is 1.48. The van der Waals surface area contributed by atoms with Crippen LogP contribution in [0.4, 0.5) is 5.69 Å². The van der Waals surface area contributed by atoms with Crippen LogP contribution >= 0.6 is 0 Å². The zero-order valence-corrected chi connectivity index (χ0v) is 16.4. The predicted molar refractivity (Wildman–Crippen MR) is 105 cm³/mol. The molecule has 0 radical (unpaired) electrons. The van der Waals surface area contributed by atoms with Crippen molar-refractivity contribution in [3.63, 3.8) is 0 Å². The van der Waals surface area contributed by atoms with E-state index in [2.05, 4.69) is 5.32 Å². The van der Waals surface area contributed by atoms with Gasteiger partial charge in [-0.2, -0.15) is 4.31 Å². The molecule has 0 aromatic heterocycles. The van der Waals surface area contributed by atoms with Crippen LogP contribution in [0.15, 0.2) is 47.4 Å². The summed E-state index contributed by atoms with van der Waals surface area (Å²) in [6.45, 7) is 5.15. The lowest BCUT2D eigenvalue weighted by Gasteiger charge is -2.18. The second-order valence-corrected chi connectivity index (χ2v) is 8.38. The van der Waals surface area contributed by atoms with Gasteiger partial charge < -0.3 is 10.1 Å². The lowest BCUT2D eigenvalue weighted by Crippen LogP contribution is -2.28. The van der Waals surface area contributed by atoms with Gasteiger partial charge in [-0.15, -0.1) is 0 Å². The van der Waals surface area contributed by atoms with Crippen LogP contribution < -0.4 is 10.1 Å². The lowest BCUT2D eigenvalue weighted by molar-refractivity contribution is 0.102. The Morgan fingerprint density at radius 1 is 1.15 bits per heavy atom. The molecule has 0 aliphatic carbocycles. The highest BCUT2D eigenvalue weighted by molar-refractivity contribution is 7.89. The molecular weight excluding hydrogens is 364 g/mol. The molecule has 1 saturated heterocycles. The molecule has 2 aromatic rings. The molecule has 0 bridgehead atoms. The van der Waals surface area contributed by atoms with E-state index in [0.29, 0.717) is 42.3 Å². The number of amides is 1. The first-order valence-electron chi connectivity index (χ1n) is 9.07. The first kappa shape index (κ1) is 19.4. The van der Waals surface area contributed by atoms with Crippen molar-refractivity contribution in [3.8, 4) is 5.75 Å². The SMILES string of the molecule is CCOc1ccccc1NC(=O)c1ccc(C)c(S(=O)(=O)N2CCCC2)c1. The summed E-state index contributed by atoms with van der Waals surface area (Å²) in [5.74, 6) is 0.199. The van der Waals surface area contributed by atoms with Gasteiger partial charge in [-0.25, -0.2) is 8.42 Å². The number of carbonyl (C=O) groups excluding carboxylic acids is 1. The molecule has 2 aromatic carbocycles. The van der Waals surface area contributed by atoms with Crippen LogP contribution in [0.3, 0.4) is 0 Å². The normalized spacial score (nSPS) is 14.9. The number of hydrogen-bond acceptors (Lipinski definition) is 4. The van der Waals surface area contributed by atoms with Crippen LogP contribution in [-0.2, 0) is 10.0 Å². The van der Waals surface area contributed by atoms with Gasteiger partial charge in [-0.05, 0) is 56.5 Å². The third-order valence-corrected chi connectivity index (χ3v) is 6.61. The molecule has 0 spiro atoms. The molecule has 1 heterocycles. The van der Waals surface area contributed by atoms with Gasteiger partial charge in [-0.1, -0.05) is 18.2 Å². The zero-order valence-electron chi connectivity index (χ0n) is 15.6. The van der Waals surface area contributed by atoms with E-state index in [1.807, 2.05) is 13.0 Å². The Bertz CT molecular complexity index is 935. The van der Waals surface area contributed by atoms with Crippen molar-refractivity contribution in [2.75, 3.05) is 25.0 Å². The highest BCUT2D eigenvalue weighted by atomic mass is 32.2. The largest absolute Gasteiger partial charge is 0.492 e. The molecule has 1 N–H and O–H groups in total. The zero-order chi connectivity index (χ0) is 19.4. The molecule has 1 aliphatic heterocycles. The summed E-state index contributed by atoms with van der Waals surface area (Å²) in [5, 5.41) is 2.81. The number of sulfonamides is 1. The summed E-state index contributed by atoms with van der Waals surface area (Å²) in [6, 6.07) is 11.9. The molecule has 27 heavy (non-hydrogen) atoms. The van der Waals surface area contributed by atoms with Crippen LogP contribution in [0.1, 0.15) is 35.7 Å². The maximum Gasteiger partial charge on any atom is 0.255 e. The number of nitrogens with zero attached hydrogens (tertiary/aromatic N) is 1. The molecule has 144 valence electrons. The van der Waals surface area contributed by atoms with Crippen LogP contribution in [0.2, 0.25) is 0 Å². The fraction of sp³-hybridized carbons (Fsp3) is 0.350. The smallest absolute Gasteiger partial charge is 0.255 e. The predicted octanol–water partition coefficient (Wildman–Crippen LogP) is 3.43. The average molecular weight is 388 g/mol. The van der Waals surface area contributed by atoms with Gasteiger partial charge in [0.2, 0.25) is 10.0 Å². The molecule has 1 aliphatic rings. The Morgan fingerprint density at radius 3 is 2.56 bits per heavy atom. The van der Waals surface area contributed by atoms with Crippen molar-refractivity contribution in [2.45, 2.75) is 31.6 Å². The third kappa shape index (κ3) is 4.14. The van der Waals surface area contributed by atoms with E-state index in [9.17, 15) is 13.2 Å². The third-order valence-electron chi connectivity index (χ3n) is 4.57. The first-order valence-corrected chi connectivity index (χ1v) is 10.5. The van der Waals surface area contributed by atoms with Crippen molar-refractivity contribution in [3.05, 3.63) is 53.6 Å². The Hall–Kier alpha value is -2.38. The quantitative estimate of drug-likeness (QED) is 0.823. The number of hydrogen-bond donors (Lipinski definition) is 1. The average Bonchev–Trinajstić information content (AvgIpc) is 3.19. The number of rotatable bonds is 6. The highest BCUT2D eigenvalue weighted by Gasteiger charge is 2.29. The Balaban J connectivity index is 1.89. The summed E-state index contributed by atoms with van der Waals surface area (Å²) in [4.78, 5) is 12.9. The van der Waals surface area contributed by atoms with Crippen molar-refractivity contribution in [2.24, 2.45) is 0 Å². The monoisotopic (exact) mass is 388 g/mol. The number of anilines is 1. The minimum Gasteiger partial charge on any atom is -0.492 e. The van der Waals surface area contributed by atoms with E-state index in [1.54, 1.807) is 37.3 Å². The minimum absolute atomic E-state index is 0.190. The van der Waals surface area contributed by atoms with E-state index in [-0.39, 0.29) is 10.8 Å². The van der Waals surface area contributed by atoms with Crippen LogP contribution in [-0.4, -0.2) is 38.3 Å². The van der Waals surface area contributed by atoms with Gasteiger partial charge in [0.1, 0.15) is 5.75 Å². The number of nitrogens with one attached hydrogen (secondary N) is 1. The van der Waals surface area contributed by atoms with Gasteiger partial charge in [0.15, 0.2) is 0 Å². The number of carbonyl (C=O) groups is 1. The van der Waals surface area contributed by atoms with Gasteiger partial charge in [0, 0.05) is 18.7 Å². The van der Waals surface area contributed by atoms with Gasteiger partial charge in [-0.3, -0.25) is 4.79 Å². The summed E-state index contributed by atoms with van der Waals surface area (Å²) in [7, 11) is -3.59. The van der Waals surface area contributed by atoms with Crippen LogP contribution in [0, 0.1) is 6.92 Å². The van der Waals surface area contributed by atoms with Crippen molar-refractivity contribution in [1.29, 1.82) is 0 Å². The standard InChI is InChI=1S/C20H24N2O4S/c1-3-26-18-9-5-4-8-17(18)21-20(23)16-11-10-15(2)19(14-16)27(24,25)22-12-6-7-13-22/h4-5,8-11,14H,3,6-7,12-13H2,1-2H3,(H,21,23). The van der Waals surface area contributed by atoms with Gasteiger partial charge in [0.05, 0.1) is 17.2 Å². The Morgan fingerprint density at radius 2 is 1.85 bits per heavy atom. The maximum atomic E-state index is 12.9. The molecular formula is C20H24N2O4S. The Kier molecular flexibility index (Phi) is 5.82. The van der Waals surface area contributed by atoms with Crippen molar-refractivity contribution >= 4 is 21.6 Å². The fourth-order valence-electron chi connectivity index (χ4n) is 3.13. The molecule has 0 unspecified atom stereocenters. The van der Waals surface area contributed by atoms with Gasteiger partial charge >= 0.3 is 0 Å². The van der Waals surface area contributed by atoms with E-state index in [4.69, 9.17) is 4.74 Å². The van der Waals surface area contributed by atoms with E-state index >= 15 is 0 Å². The number of aryl methyl sites for hydroxylation is 1. The second kappa shape index (κ2) is 8.10. The van der Waals surface area contributed by atoms with Crippen molar-refractivity contribution < 1.29 is 17.9 Å². The molecule has 6 nitrogen and oxygen atoms in total. The number of benzene rings is 2. The highest BCUT2D eigenvalue weighted by Crippen LogP contribution is 2.27.